The van der Waals surface area contributed by atoms with E-state index in [0.29, 0.717) is 10.8 Å². The van der Waals surface area contributed by atoms with E-state index in [-0.39, 0.29) is 10.8 Å². The highest BCUT2D eigenvalue weighted by Crippen LogP contribution is 2.76. The van der Waals surface area contributed by atoms with Crippen molar-refractivity contribution in [1.29, 1.82) is 0 Å². The minimum absolute atomic E-state index is 0.105. The van der Waals surface area contributed by atoms with Gasteiger partial charge in [-0.2, -0.15) is 0 Å². The van der Waals surface area contributed by atoms with Gasteiger partial charge in [0.15, 0.2) is 5.72 Å². The molecule has 0 aromatic heterocycles. The highest BCUT2D eigenvalue weighted by molar-refractivity contribution is 7.89. The van der Waals surface area contributed by atoms with Crippen LogP contribution in [0.3, 0.4) is 0 Å². The Kier molecular flexibility index (Phi) is 2.42. The van der Waals surface area contributed by atoms with E-state index in [0.717, 1.165) is 12.8 Å². The Morgan fingerprint density at radius 3 is 2.38 bits per heavy atom. The number of sulfonamides is 1. The van der Waals surface area contributed by atoms with Crippen LogP contribution in [0, 0.1) is 16.7 Å². The number of rotatable bonds is 2. The highest BCUT2D eigenvalue weighted by atomic mass is 32.2. The molecule has 0 N–H and O–H groups in total. The topological polar surface area (TPSA) is 49.7 Å². The van der Waals surface area contributed by atoms with E-state index in [1.807, 2.05) is 6.07 Å². The predicted molar refractivity (Wildman–Crippen MR) is 78.5 cm³/mol. The van der Waals surface area contributed by atoms with Crippen LogP contribution in [0.4, 0.5) is 0 Å². The average Bonchev–Trinajstić information content (AvgIpc) is 3.11. The first-order valence-electron chi connectivity index (χ1n) is 7.55. The molecule has 2 aliphatic carbocycles. The molecule has 2 bridgehead atoms. The van der Waals surface area contributed by atoms with Gasteiger partial charge >= 0.3 is 0 Å². The van der Waals surface area contributed by atoms with E-state index >= 15 is 0 Å². The van der Waals surface area contributed by atoms with Crippen molar-refractivity contribution >= 4 is 10.0 Å². The second-order valence-electron chi connectivity index (χ2n) is 7.41. The van der Waals surface area contributed by atoms with Crippen molar-refractivity contribution < 1.29 is 13.3 Å². The van der Waals surface area contributed by atoms with Crippen molar-refractivity contribution in [3.63, 3.8) is 0 Å². The van der Waals surface area contributed by atoms with E-state index in [9.17, 15) is 8.42 Å². The van der Waals surface area contributed by atoms with E-state index in [1.165, 1.54) is 10.9 Å². The van der Waals surface area contributed by atoms with E-state index in [1.54, 1.807) is 24.3 Å². The molecule has 3 fully saturated rings. The van der Waals surface area contributed by atoms with E-state index in [2.05, 4.69) is 20.8 Å². The molecule has 114 valence electrons. The molecular weight excluding hydrogens is 286 g/mol. The molecule has 2 saturated carbocycles. The second kappa shape index (κ2) is 3.70. The van der Waals surface area contributed by atoms with E-state index in [4.69, 9.17) is 4.84 Å². The molecule has 4 atom stereocenters. The third kappa shape index (κ3) is 1.40. The number of benzene rings is 1. The summed E-state index contributed by atoms with van der Waals surface area (Å²) in [5.41, 5.74) is -0.603. The van der Waals surface area contributed by atoms with Gasteiger partial charge in [0, 0.05) is 5.41 Å². The number of hydrogen-bond acceptors (Lipinski definition) is 3. The summed E-state index contributed by atoms with van der Waals surface area (Å²) in [5, 5.41) is 0. The third-order valence-corrected chi connectivity index (χ3v) is 8.25. The molecular formula is C16H21NO3S. The largest absolute Gasteiger partial charge is 0.267 e. The first-order valence-corrected chi connectivity index (χ1v) is 8.99. The Morgan fingerprint density at radius 2 is 1.86 bits per heavy atom. The van der Waals surface area contributed by atoms with Crippen LogP contribution in [0.2, 0.25) is 0 Å². The summed E-state index contributed by atoms with van der Waals surface area (Å²) in [7, 11) is -3.56. The van der Waals surface area contributed by atoms with Crippen molar-refractivity contribution in [1.82, 2.24) is 4.47 Å². The Balaban J connectivity index is 1.74. The van der Waals surface area contributed by atoms with Crippen molar-refractivity contribution in [2.75, 3.05) is 0 Å². The van der Waals surface area contributed by atoms with Crippen LogP contribution in [0.25, 0.3) is 0 Å². The van der Waals surface area contributed by atoms with Gasteiger partial charge in [-0.1, -0.05) is 39.0 Å². The van der Waals surface area contributed by atoms with Gasteiger partial charge in [0.1, 0.15) is 0 Å². The van der Waals surface area contributed by atoms with Crippen LogP contribution in [-0.2, 0) is 14.9 Å². The van der Waals surface area contributed by atoms with Gasteiger partial charge in [-0.15, -0.1) is 0 Å². The Hall–Kier alpha value is -0.910. The summed E-state index contributed by atoms with van der Waals surface area (Å²) in [4.78, 5) is 6.11. The smallest absolute Gasteiger partial charge is 0.255 e. The minimum Gasteiger partial charge on any atom is -0.255 e. The molecule has 1 heterocycles. The van der Waals surface area contributed by atoms with Gasteiger partial charge < -0.3 is 0 Å². The SMILES string of the molecule is CC1(C)C2CCC1(C)C1(C2)ON1S(=O)(=O)c1ccccc1. The maximum Gasteiger partial charge on any atom is 0.267 e. The molecule has 1 aliphatic heterocycles. The molecule has 1 saturated heterocycles. The van der Waals surface area contributed by atoms with Gasteiger partial charge in [-0.25, -0.2) is 8.42 Å². The van der Waals surface area contributed by atoms with Crippen LogP contribution < -0.4 is 0 Å². The van der Waals surface area contributed by atoms with Crippen LogP contribution in [0.5, 0.6) is 0 Å². The molecule has 1 aromatic carbocycles. The number of fused-ring (bicyclic) bond motifs is 3. The van der Waals surface area contributed by atoms with Crippen LogP contribution in [0.15, 0.2) is 35.2 Å². The summed E-state index contributed by atoms with van der Waals surface area (Å²) in [5.74, 6) is 0.540. The van der Waals surface area contributed by atoms with Crippen molar-refractivity contribution in [3.8, 4) is 0 Å². The molecule has 4 rings (SSSR count). The van der Waals surface area contributed by atoms with Crippen LogP contribution >= 0.6 is 0 Å². The van der Waals surface area contributed by atoms with Gasteiger partial charge in [0.2, 0.25) is 0 Å². The van der Waals surface area contributed by atoms with Gasteiger partial charge in [0.25, 0.3) is 10.0 Å². The lowest BCUT2D eigenvalue weighted by Gasteiger charge is -2.36. The second-order valence-corrected chi connectivity index (χ2v) is 9.17. The fourth-order valence-corrected chi connectivity index (χ4v) is 6.25. The zero-order valence-corrected chi connectivity index (χ0v) is 13.5. The zero-order chi connectivity index (χ0) is 15.1. The molecule has 0 radical (unpaired) electrons. The van der Waals surface area contributed by atoms with E-state index < -0.39 is 15.7 Å². The first-order chi connectivity index (χ1) is 9.76. The van der Waals surface area contributed by atoms with Crippen molar-refractivity contribution in [3.05, 3.63) is 30.3 Å². The summed E-state index contributed by atoms with van der Waals surface area (Å²) < 4.78 is 26.9. The minimum atomic E-state index is -3.56. The quantitative estimate of drug-likeness (QED) is 0.789. The standard InChI is InChI=1S/C16H21NO3S/c1-14(2)12-9-10-15(14,3)16(11-12)17(20-16)21(18,19)13-7-5-4-6-8-13/h4-8,12H,9-11H2,1-3H3. The third-order valence-electron chi connectivity index (χ3n) is 6.58. The molecule has 4 nitrogen and oxygen atoms in total. The summed E-state index contributed by atoms with van der Waals surface area (Å²) in [6.45, 7) is 6.71. The van der Waals surface area contributed by atoms with Gasteiger partial charge in [-0.05, 0) is 47.2 Å². The molecule has 0 amide bonds. The molecule has 3 aliphatic rings. The summed E-state index contributed by atoms with van der Waals surface area (Å²) in [6.07, 6.45) is 3.03. The first kappa shape index (κ1) is 13.7. The van der Waals surface area contributed by atoms with Gasteiger partial charge in [0.05, 0.1) is 4.90 Å². The van der Waals surface area contributed by atoms with Crippen LogP contribution in [0.1, 0.15) is 40.0 Å². The predicted octanol–water partition coefficient (Wildman–Crippen LogP) is 3.17. The maximum absolute atomic E-state index is 12.8. The molecule has 21 heavy (non-hydrogen) atoms. The average molecular weight is 307 g/mol. The fourth-order valence-electron chi connectivity index (χ4n) is 4.67. The van der Waals surface area contributed by atoms with Crippen molar-refractivity contribution in [2.24, 2.45) is 16.7 Å². The monoisotopic (exact) mass is 307 g/mol. The maximum atomic E-state index is 12.8. The molecule has 5 heteroatoms. The Labute approximate surface area is 126 Å². The number of hydrogen-bond donors (Lipinski definition) is 0. The van der Waals surface area contributed by atoms with Crippen molar-refractivity contribution in [2.45, 2.75) is 50.7 Å². The fraction of sp³-hybridized carbons (Fsp3) is 0.625. The van der Waals surface area contributed by atoms with Gasteiger partial charge in [-0.3, -0.25) is 4.84 Å². The lowest BCUT2D eigenvalue weighted by atomic mass is 9.68. The summed E-state index contributed by atoms with van der Waals surface area (Å²) in [6, 6.07) is 8.57. The Morgan fingerprint density at radius 1 is 1.19 bits per heavy atom. The molecule has 4 unspecified atom stereocenters. The normalized spacial score (nSPS) is 43.4. The highest BCUT2D eigenvalue weighted by Gasteiger charge is 2.82. The summed E-state index contributed by atoms with van der Waals surface area (Å²) >= 11 is 0. The number of nitrogens with zero attached hydrogens (tertiary/aromatic N) is 1. The number of hydroxylamine groups is 1. The Bertz CT molecular complexity index is 699. The molecule has 1 spiro atoms. The zero-order valence-electron chi connectivity index (χ0n) is 12.7. The van der Waals surface area contributed by atoms with Crippen LogP contribution in [-0.4, -0.2) is 18.6 Å². The lowest BCUT2D eigenvalue weighted by Crippen LogP contribution is -2.41. The lowest BCUT2D eigenvalue weighted by molar-refractivity contribution is 0.0701. The molecule has 1 aromatic rings.